The molecule has 2 rings (SSSR count). The van der Waals surface area contributed by atoms with E-state index in [9.17, 15) is 18.3 Å². The molecule has 0 saturated heterocycles. The van der Waals surface area contributed by atoms with Crippen LogP contribution in [0, 0.1) is 0 Å². The van der Waals surface area contributed by atoms with E-state index < -0.39 is 15.9 Å². The molecule has 1 atom stereocenters. The predicted octanol–water partition coefficient (Wildman–Crippen LogP) is 2.16. The Bertz CT molecular complexity index is 821. The van der Waals surface area contributed by atoms with Crippen molar-refractivity contribution in [1.82, 2.24) is 4.98 Å². The summed E-state index contributed by atoms with van der Waals surface area (Å²) in [5, 5.41) is 12.2. The quantitative estimate of drug-likeness (QED) is 0.743. The number of hydrogen-bond acceptors (Lipinski definition) is 4. The molecular formula is C17H22N2O4S. The van der Waals surface area contributed by atoms with Crippen LogP contribution in [0.4, 0.5) is 5.69 Å². The number of H-pyrrole nitrogens is 1. The average Bonchev–Trinajstić information content (AvgIpc) is 2.89. The van der Waals surface area contributed by atoms with E-state index in [1.54, 1.807) is 25.1 Å². The minimum atomic E-state index is -3.26. The Labute approximate surface area is 141 Å². The minimum absolute atomic E-state index is 0.204. The summed E-state index contributed by atoms with van der Waals surface area (Å²) in [6.07, 6.45) is 1.75. The molecule has 0 fully saturated rings. The normalized spacial score (nSPS) is 12.8. The zero-order valence-corrected chi connectivity index (χ0v) is 14.8. The monoisotopic (exact) mass is 350 g/mol. The van der Waals surface area contributed by atoms with E-state index >= 15 is 0 Å². The number of sulfone groups is 1. The van der Waals surface area contributed by atoms with Crippen LogP contribution in [-0.2, 0) is 22.7 Å². The highest BCUT2D eigenvalue weighted by Gasteiger charge is 2.16. The second kappa shape index (κ2) is 7.19. The van der Waals surface area contributed by atoms with Crippen LogP contribution in [0.5, 0.6) is 0 Å². The third-order valence-electron chi connectivity index (χ3n) is 3.61. The standard InChI is InChI=1S/C17H22N2O4S/c1-4-16-15(10-13(18-16)9-11(2)20)17(21)19-12-5-7-14(8-6-12)24(3,22)23/h5-8,10-11,18,20H,4,9H2,1-3H3,(H,19,21). The number of aromatic amines is 1. The van der Waals surface area contributed by atoms with E-state index in [-0.39, 0.29) is 10.8 Å². The fraction of sp³-hybridized carbons (Fsp3) is 0.353. The Morgan fingerprint density at radius 1 is 1.29 bits per heavy atom. The number of carbonyl (C=O) groups is 1. The first-order chi connectivity index (χ1) is 11.2. The summed E-state index contributed by atoms with van der Waals surface area (Å²) in [5.74, 6) is -0.271. The molecule has 1 aromatic carbocycles. The van der Waals surface area contributed by atoms with Gasteiger partial charge in [-0.3, -0.25) is 4.79 Å². The van der Waals surface area contributed by atoms with E-state index in [0.29, 0.717) is 24.1 Å². The molecule has 0 bridgehead atoms. The van der Waals surface area contributed by atoms with Gasteiger partial charge >= 0.3 is 0 Å². The zero-order valence-electron chi connectivity index (χ0n) is 14.0. The van der Waals surface area contributed by atoms with Gasteiger partial charge in [0.25, 0.3) is 5.91 Å². The molecule has 0 aliphatic rings. The van der Waals surface area contributed by atoms with Crippen LogP contribution in [0.15, 0.2) is 35.2 Å². The van der Waals surface area contributed by atoms with Crippen LogP contribution in [0.2, 0.25) is 0 Å². The molecule has 0 radical (unpaired) electrons. The Morgan fingerprint density at radius 3 is 2.42 bits per heavy atom. The van der Waals surface area contributed by atoms with Gasteiger partial charge in [-0.2, -0.15) is 0 Å². The Morgan fingerprint density at radius 2 is 1.92 bits per heavy atom. The van der Waals surface area contributed by atoms with Crippen molar-refractivity contribution in [3.63, 3.8) is 0 Å². The first kappa shape index (κ1) is 18.2. The first-order valence-electron chi connectivity index (χ1n) is 7.71. The molecule has 2 aromatic rings. The van der Waals surface area contributed by atoms with Crippen LogP contribution in [-0.4, -0.2) is 36.8 Å². The molecule has 0 saturated carbocycles. The maximum atomic E-state index is 12.5. The van der Waals surface area contributed by atoms with Crippen LogP contribution in [0.25, 0.3) is 0 Å². The number of aliphatic hydroxyl groups is 1. The number of aliphatic hydroxyl groups excluding tert-OH is 1. The number of rotatable bonds is 6. The lowest BCUT2D eigenvalue weighted by Crippen LogP contribution is -2.13. The van der Waals surface area contributed by atoms with Crippen molar-refractivity contribution >= 4 is 21.4 Å². The summed E-state index contributed by atoms with van der Waals surface area (Å²) >= 11 is 0. The zero-order chi connectivity index (χ0) is 17.9. The summed E-state index contributed by atoms with van der Waals surface area (Å²) in [6, 6.07) is 7.78. The van der Waals surface area contributed by atoms with Crippen LogP contribution in [0.1, 0.15) is 35.6 Å². The molecule has 1 unspecified atom stereocenters. The lowest BCUT2D eigenvalue weighted by Gasteiger charge is -2.06. The fourth-order valence-electron chi connectivity index (χ4n) is 2.45. The van der Waals surface area contributed by atoms with Gasteiger partial charge in [0.05, 0.1) is 16.6 Å². The maximum absolute atomic E-state index is 12.5. The van der Waals surface area contributed by atoms with Crippen molar-refractivity contribution in [2.24, 2.45) is 0 Å². The maximum Gasteiger partial charge on any atom is 0.257 e. The van der Waals surface area contributed by atoms with E-state index in [4.69, 9.17) is 0 Å². The smallest absolute Gasteiger partial charge is 0.257 e. The highest BCUT2D eigenvalue weighted by Crippen LogP contribution is 2.18. The molecule has 6 nitrogen and oxygen atoms in total. The number of aryl methyl sites for hydroxylation is 1. The van der Waals surface area contributed by atoms with Crippen molar-refractivity contribution in [3.05, 3.63) is 47.3 Å². The van der Waals surface area contributed by atoms with Crippen molar-refractivity contribution in [1.29, 1.82) is 0 Å². The largest absolute Gasteiger partial charge is 0.393 e. The third kappa shape index (κ3) is 4.46. The molecule has 0 spiro atoms. The van der Waals surface area contributed by atoms with Crippen molar-refractivity contribution < 1.29 is 18.3 Å². The number of amides is 1. The number of nitrogens with one attached hydrogen (secondary N) is 2. The van der Waals surface area contributed by atoms with E-state index in [0.717, 1.165) is 17.6 Å². The van der Waals surface area contributed by atoms with Gasteiger partial charge in [0.2, 0.25) is 0 Å². The van der Waals surface area contributed by atoms with Gasteiger partial charge in [0.15, 0.2) is 9.84 Å². The highest BCUT2D eigenvalue weighted by atomic mass is 32.2. The number of aromatic nitrogens is 1. The summed E-state index contributed by atoms with van der Waals surface area (Å²) in [7, 11) is -3.26. The van der Waals surface area contributed by atoms with E-state index in [2.05, 4.69) is 10.3 Å². The molecule has 0 aliphatic carbocycles. The van der Waals surface area contributed by atoms with Crippen LogP contribution < -0.4 is 5.32 Å². The van der Waals surface area contributed by atoms with Crippen LogP contribution in [0.3, 0.4) is 0 Å². The van der Waals surface area contributed by atoms with E-state index in [1.807, 2.05) is 6.92 Å². The number of carbonyl (C=O) groups excluding carboxylic acids is 1. The number of benzene rings is 1. The SMILES string of the molecule is CCc1[nH]c(CC(C)O)cc1C(=O)Nc1ccc(S(C)(=O)=O)cc1. The molecule has 3 N–H and O–H groups in total. The lowest BCUT2D eigenvalue weighted by molar-refractivity contribution is 0.102. The van der Waals surface area contributed by atoms with Gasteiger partial charge in [-0.1, -0.05) is 6.92 Å². The highest BCUT2D eigenvalue weighted by molar-refractivity contribution is 7.90. The minimum Gasteiger partial charge on any atom is -0.393 e. The third-order valence-corrected chi connectivity index (χ3v) is 4.74. The second-order valence-electron chi connectivity index (χ2n) is 5.84. The summed E-state index contributed by atoms with van der Waals surface area (Å²) in [4.78, 5) is 15.8. The van der Waals surface area contributed by atoms with Crippen molar-refractivity contribution in [2.45, 2.75) is 37.7 Å². The molecule has 0 aliphatic heterocycles. The van der Waals surface area contributed by atoms with Gasteiger partial charge in [-0.05, 0) is 43.7 Å². The topological polar surface area (TPSA) is 99.3 Å². The summed E-state index contributed by atoms with van der Waals surface area (Å²) in [5.41, 5.74) is 2.66. The molecule has 7 heteroatoms. The Hall–Kier alpha value is -2.12. The van der Waals surface area contributed by atoms with Crippen molar-refractivity contribution in [2.75, 3.05) is 11.6 Å². The Balaban J connectivity index is 2.19. The summed E-state index contributed by atoms with van der Waals surface area (Å²) < 4.78 is 22.9. The summed E-state index contributed by atoms with van der Waals surface area (Å²) in [6.45, 7) is 3.63. The molecule has 1 amide bonds. The second-order valence-corrected chi connectivity index (χ2v) is 7.86. The molecule has 130 valence electrons. The molecule has 24 heavy (non-hydrogen) atoms. The van der Waals surface area contributed by atoms with E-state index in [1.165, 1.54) is 12.1 Å². The number of hydrogen-bond donors (Lipinski definition) is 3. The fourth-order valence-corrected chi connectivity index (χ4v) is 3.08. The molecular weight excluding hydrogens is 328 g/mol. The molecule has 1 aromatic heterocycles. The van der Waals surface area contributed by atoms with Gasteiger partial charge in [-0.25, -0.2) is 8.42 Å². The average molecular weight is 350 g/mol. The number of anilines is 1. The van der Waals surface area contributed by atoms with Gasteiger partial charge in [0.1, 0.15) is 0 Å². The Kier molecular flexibility index (Phi) is 5.46. The molecule has 1 heterocycles. The first-order valence-corrected chi connectivity index (χ1v) is 9.60. The van der Waals surface area contributed by atoms with Gasteiger partial charge < -0.3 is 15.4 Å². The van der Waals surface area contributed by atoms with Gasteiger partial charge in [0, 0.05) is 29.8 Å². The van der Waals surface area contributed by atoms with Crippen LogP contribution >= 0.6 is 0 Å². The predicted molar refractivity (Wildman–Crippen MR) is 93.1 cm³/mol. The van der Waals surface area contributed by atoms with Gasteiger partial charge in [-0.15, -0.1) is 0 Å². The van der Waals surface area contributed by atoms with Crippen molar-refractivity contribution in [3.8, 4) is 0 Å². The lowest BCUT2D eigenvalue weighted by atomic mass is 10.1.